The van der Waals surface area contributed by atoms with Crippen LogP contribution in [0.5, 0.6) is 0 Å². The zero-order valence-electron chi connectivity index (χ0n) is 10.5. The molecule has 2 heterocycles. The third-order valence-electron chi connectivity index (χ3n) is 2.63. The molecule has 0 aromatic carbocycles. The van der Waals surface area contributed by atoms with Crippen molar-refractivity contribution < 1.29 is 4.42 Å². The van der Waals surface area contributed by atoms with Gasteiger partial charge in [0.05, 0.1) is 24.1 Å². The van der Waals surface area contributed by atoms with E-state index in [0.29, 0.717) is 6.54 Å². The summed E-state index contributed by atoms with van der Waals surface area (Å²) in [5.41, 5.74) is 2.19. The Balaban J connectivity index is 1.85. The predicted molar refractivity (Wildman–Crippen MR) is 64.4 cm³/mol. The standard InChI is InChI=1S/C12H18N4O/c1-4-11-7-14-12(17-11)8-13-6-10-5-9(2)15-16(10)3/h5,7,13H,4,6,8H2,1-3H3. The van der Waals surface area contributed by atoms with E-state index in [1.54, 1.807) is 6.20 Å². The molecule has 1 N–H and O–H groups in total. The molecule has 0 aliphatic heterocycles. The highest BCUT2D eigenvalue weighted by Gasteiger charge is 2.04. The second-order valence-electron chi connectivity index (χ2n) is 4.08. The van der Waals surface area contributed by atoms with Crippen LogP contribution in [0.1, 0.15) is 30.0 Å². The van der Waals surface area contributed by atoms with Gasteiger partial charge in [0.2, 0.25) is 5.89 Å². The molecular weight excluding hydrogens is 216 g/mol. The van der Waals surface area contributed by atoms with Gasteiger partial charge in [0.1, 0.15) is 5.76 Å². The van der Waals surface area contributed by atoms with Crippen LogP contribution in [-0.2, 0) is 26.6 Å². The molecule has 0 saturated carbocycles. The Morgan fingerprint density at radius 3 is 2.82 bits per heavy atom. The predicted octanol–water partition coefficient (Wildman–Crippen LogP) is 1.57. The van der Waals surface area contributed by atoms with Crippen molar-refractivity contribution in [2.45, 2.75) is 33.4 Å². The summed E-state index contributed by atoms with van der Waals surface area (Å²) >= 11 is 0. The summed E-state index contributed by atoms with van der Waals surface area (Å²) in [4.78, 5) is 4.19. The summed E-state index contributed by atoms with van der Waals surface area (Å²) in [7, 11) is 1.95. The van der Waals surface area contributed by atoms with E-state index in [4.69, 9.17) is 4.42 Å². The van der Waals surface area contributed by atoms with Crippen LogP contribution in [0, 0.1) is 6.92 Å². The molecule has 2 aromatic rings. The average Bonchev–Trinajstić information content (AvgIpc) is 2.86. The molecular formula is C12H18N4O. The van der Waals surface area contributed by atoms with Gasteiger partial charge >= 0.3 is 0 Å². The first-order valence-electron chi connectivity index (χ1n) is 5.83. The average molecular weight is 234 g/mol. The summed E-state index contributed by atoms with van der Waals surface area (Å²) in [5, 5.41) is 7.58. The highest BCUT2D eigenvalue weighted by atomic mass is 16.4. The first-order valence-corrected chi connectivity index (χ1v) is 5.83. The molecule has 0 atom stereocenters. The third-order valence-corrected chi connectivity index (χ3v) is 2.63. The molecule has 0 amide bonds. The first kappa shape index (κ1) is 11.9. The van der Waals surface area contributed by atoms with Crippen LogP contribution in [-0.4, -0.2) is 14.8 Å². The second-order valence-corrected chi connectivity index (χ2v) is 4.08. The summed E-state index contributed by atoms with van der Waals surface area (Å²) in [6, 6.07) is 2.07. The van der Waals surface area contributed by atoms with Crippen molar-refractivity contribution in [2.24, 2.45) is 7.05 Å². The van der Waals surface area contributed by atoms with E-state index in [1.165, 1.54) is 0 Å². The van der Waals surface area contributed by atoms with Gasteiger partial charge in [0.25, 0.3) is 0 Å². The minimum absolute atomic E-state index is 0.643. The van der Waals surface area contributed by atoms with E-state index < -0.39 is 0 Å². The molecule has 0 saturated heterocycles. The van der Waals surface area contributed by atoms with Gasteiger partial charge in [-0.2, -0.15) is 5.10 Å². The number of oxazole rings is 1. The fourth-order valence-corrected chi connectivity index (χ4v) is 1.72. The number of aromatic nitrogens is 3. The number of nitrogens with zero attached hydrogens (tertiary/aromatic N) is 3. The van der Waals surface area contributed by atoms with Gasteiger partial charge < -0.3 is 9.73 Å². The third kappa shape index (κ3) is 2.94. The van der Waals surface area contributed by atoms with Crippen molar-refractivity contribution in [3.63, 3.8) is 0 Å². The van der Waals surface area contributed by atoms with Gasteiger partial charge in [-0.25, -0.2) is 4.98 Å². The van der Waals surface area contributed by atoms with Crippen molar-refractivity contribution in [1.82, 2.24) is 20.1 Å². The molecule has 0 aliphatic rings. The Morgan fingerprint density at radius 2 is 2.24 bits per heavy atom. The van der Waals surface area contributed by atoms with E-state index in [0.717, 1.165) is 36.0 Å². The van der Waals surface area contributed by atoms with Gasteiger partial charge in [-0.3, -0.25) is 4.68 Å². The monoisotopic (exact) mass is 234 g/mol. The molecule has 2 rings (SSSR count). The van der Waals surface area contributed by atoms with Crippen LogP contribution in [0.4, 0.5) is 0 Å². The molecule has 5 heteroatoms. The summed E-state index contributed by atoms with van der Waals surface area (Å²) < 4.78 is 7.39. The number of nitrogens with one attached hydrogen (secondary N) is 1. The SMILES string of the molecule is CCc1cnc(CNCc2cc(C)nn2C)o1. The molecule has 92 valence electrons. The molecule has 0 radical (unpaired) electrons. The minimum Gasteiger partial charge on any atom is -0.444 e. The maximum atomic E-state index is 5.51. The first-order chi connectivity index (χ1) is 8.19. The Morgan fingerprint density at radius 1 is 1.41 bits per heavy atom. The molecule has 2 aromatic heterocycles. The van der Waals surface area contributed by atoms with Crippen LogP contribution in [0.15, 0.2) is 16.7 Å². The lowest BCUT2D eigenvalue weighted by atomic mass is 10.3. The van der Waals surface area contributed by atoms with Gasteiger partial charge in [-0.15, -0.1) is 0 Å². The van der Waals surface area contributed by atoms with Crippen LogP contribution in [0.3, 0.4) is 0 Å². The number of aryl methyl sites for hydroxylation is 3. The van der Waals surface area contributed by atoms with Crippen LogP contribution in [0.25, 0.3) is 0 Å². The van der Waals surface area contributed by atoms with Crippen molar-refractivity contribution in [3.8, 4) is 0 Å². The lowest BCUT2D eigenvalue weighted by Gasteiger charge is -2.02. The number of hydrogen-bond donors (Lipinski definition) is 1. The van der Waals surface area contributed by atoms with E-state index in [2.05, 4.69) is 28.4 Å². The normalized spacial score (nSPS) is 11.0. The minimum atomic E-state index is 0.643. The second kappa shape index (κ2) is 5.14. The van der Waals surface area contributed by atoms with E-state index in [-0.39, 0.29) is 0 Å². The maximum Gasteiger partial charge on any atom is 0.208 e. The van der Waals surface area contributed by atoms with Crippen LogP contribution in [0.2, 0.25) is 0 Å². The van der Waals surface area contributed by atoms with Crippen LogP contribution < -0.4 is 5.32 Å². The van der Waals surface area contributed by atoms with Crippen molar-refractivity contribution in [3.05, 3.63) is 35.3 Å². The van der Waals surface area contributed by atoms with E-state index >= 15 is 0 Å². The fourth-order valence-electron chi connectivity index (χ4n) is 1.72. The van der Waals surface area contributed by atoms with Gasteiger partial charge in [0.15, 0.2) is 0 Å². The Labute approximate surface area is 101 Å². The summed E-state index contributed by atoms with van der Waals surface area (Å²) in [6.45, 7) is 5.45. The molecule has 0 spiro atoms. The fraction of sp³-hybridized carbons (Fsp3) is 0.500. The van der Waals surface area contributed by atoms with E-state index in [1.807, 2.05) is 18.7 Å². The van der Waals surface area contributed by atoms with Crippen LogP contribution >= 0.6 is 0 Å². The number of rotatable bonds is 5. The zero-order valence-corrected chi connectivity index (χ0v) is 10.5. The van der Waals surface area contributed by atoms with Gasteiger partial charge in [-0.05, 0) is 13.0 Å². The van der Waals surface area contributed by atoms with Gasteiger partial charge in [0, 0.05) is 20.0 Å². The van der Waals surface area contributed by atoms with Crippen molar-refractivity contribution >= 4 is 0 Å². The van der Waals surface area contributed by atoms with Crippen molar-refractivity contribution in [2.75, 3.05) is 0 Å². The molecule has 17 heavy (non-hydrogen) atoms. The maximum absolute atomic E-state index is 5.51. The number of hydrogen-bond acceptors (Lipinski definition) is 4. The topological polar surface area (TPSA) is 55.9 Å². The Kier molecular flexibility index (Phi) is 3.58. The lowest BCUT2D eigenvalue weighted by molar-refractivity contribution is 0.436. The molecule has 0 bridgehead atoms. The smallest absolute Gasteiger partial charge is 0.208 e. The summed E-state index contributed by atoms with van der Waals surface area (Å²) in [6.07, 6.45) is 2.67. The zero-order chi connectivity index (χ0) is 12.3. The van der Waals surface area contributed by atoms with Crippen molar-refractivity contribution in [1.29, 1.82) is 0 Å². The molecule has 0 unspecified atom stereocenters. The quantitative estimate of drug-likeness (QED) is 0.853. The lowest BCUT2D eigenvalue weighted by Crippen LogP contribution is -2.15. The largest absolute Gasteiger partial charge is 0.444 e. The highest BCUT2D eigenvalue weighted by Crippen LogP contribution is 2.05. The van der Waals surface area contributed by atoms with E-state index in [9.17, 15) is 0 Å². The summed E-state index contributed by atoms with van der Waals surface area (Å²) in [5.74, 6) is 1.67. The molecule has 5 nitrogen and oxygen atoms in total. The highest BCUT2D eigenvalue weighted by molar-refractivity contribution is 5.08. The molecule has 0 fully saturated rings. The van der Waals surface area contributed by atoms with Gasteiger partial charge in [-0.1, -0.05) is 6.92 Å². The molecule has 0 aliphatic carbocycles. The Hall–Kier alpha value is -1.62. The Bertz CT molecular complexity index is 486.